The Balaban J connectivity index is 2.25. The Labute approximate surface area is 98.4 Å². The van der Waals surface area contributed by atoms with Crippen LogP contribution < -0.4 is 4.90 Å². The minimum Gasteiger partial charge on any atom is -0.449 e. The molecule has 1 atom stereocenters. The van der Waals surface area contributed by atoms with Crippen molar-refractivity contribution in [2.75, 3.05) is 24.7 Å². The predicted octanol–water partition coefficient (Wildman–Crippen LogP) is 1.91. The van der Waals surface area contributed by atoms with Crippen LogP contribution in [0.5, 0.6) is 0 Å². The van der Waals surface area contributed by atoms with Gasteiger partial charge in [-0.1, -0.05) is 23.7 Å². The number of nitrogens with zero attached hydrogens (tertiary/aromatic N) is 1. The Bertz CT molecular complexity index is 397. The molecule has 1 N–H and O–H groups in total. The van der Waals surface area contributed by atoms with Gasteiger partial charge in [-0.2, -0.15) is 0 Å². The Morgan fingerprint density at radius 2 is 2.25 bits per heavy atom. The molecular weight excluding hydrogens is 230 g/mol. The lowest BCUT2D eigenvalue weighted by Gasteiger charge is -2.31. The molecule has 0 aromatic heterocycles. The highest BCUT2D eigenvalue weighted by atomic mass is 35.5. The van der Waals surface area contributed by atoms with Crippen LogP contribution in [0.25, 0.3) is 0 Å². The van der Waals surface area contributed by atoms with Crippen molar-refractivity contribution in [2.45, 2.75) is 0 Å². The van der Waals surface area contributed by atoms with Gasteiger partial charge in [0.15, 0.2) is 0 Å². The summed E-state index contributed by atoms with van der Waals surface area (Å²) in [6.45, 7) is 0.684. The molecule has 1 aromatic carbocycles. The lowest BCUT2D eigenvalue weighted by Crippen LogP contribution is -2.44. The predicted molar refractivity (Wildman–Crippen MR) is 60.7 cm³/mol. The number of carbonyl (C=O) groups is 1. The van der Waals surface area contributed by atoms with Gasteiger partial charge in [-0.25, -0.2) is 4.79 Å². The number of hydrogen-bond acceptors (Lipinski definition) is 3. The Morgan fingerprint density at radius 1 is 1.50 bits per heavy atom. The molecule has 1 amide bonds. The number of para-hydroxylation sites is 1. The number of hydrogen-bond donors (Lipinski definition) is 1. The van der Waals surface area contributed by atoms with Crippen LogP contribution in [0, 0.1) is 5.92 Å². The van der Waals surface area contributed by atoms with E-state index in [2.05, 4.69) is 0 Å². The number of halogens is 1. The lowest BCUT2D eigenvalue weighted by atomic mass is 10.1. The van der Waals surface area contributed by atoms with E-state index in [1.54, 1.807) is 24.3 Å². The molecule has 0 radical (unpaired) electrons. The normalized spacial score (nSPS) is 20.8. The summed E-state index contributed by atoms with van der Waals surface area (Å²) >= 11 is 6.00. The van der Waals surface area contributed by atoms with Crippen LogP contribution in [0.3, 0.4) is 0 Å². The molecule has 86 valence electrons. The van der Waals surface area contributed by atoms with Gasteiger partial charge in [-0.15, -0.1) is 0 Å². The van der Waals surface area contributed by atoms with E-state index in [-0.39, 0.29) is 19.1 Å². The highest BCUT2D eigenvalue weighted by molar-refractivity contribution is 6.33. The van der Waals surface area contributed by atoms with Crippen LogP contribution in [0.4, 0.5) is 10.5 Å². The molecule has 1 unspecified atom stereocenters. The van der Waals surface area contributed by atoms with Crippen molar-refractivity contribution in [3.05, 3.63) is 29.3 Å². The Kier molecular flexibility index (Phi) is 3.31. The fraction of sp³-hybridized carbons (Fsp3) is 0.364. The van der Waals surface area contributed by atoms with Gasteiger partial charge in [0.25, 0.3) is 0 Å². The molecule has 5 heteroatoms. The second-order valence-corrected chi connectivity index (χ2v) is 4.09. The van der Waals surface area contributed by atoms with Crippen molar-refractivity contribution in [3.8, 4) is 0 Å². The summed E-state index contributed by atoms with van der Waals surface area (Å²) < 4.78 is 4.97. The van der Waals surface area contributed by atoms with Crippen LogP contribution in [0.2, 0.25) is 5.02 Å². The summed E-state index contributed by atoms with van der Waals surface area (Å²) in [5.74, 6) is -0.0611. The fourth-order valence-electron chi connectivity index (χ4n) is 1.63. The van der Waals surface area contributed by atoms with Crippen molar-refractivity contribution in [3.63, 3.8) is 0 Å². The quantitative estimate of drug-likeness (QED) is 0.861. The molecule has 1 aromatic rings. The highest BCUT2D eigenvalue weighted by Crippen LogP contribution is 2.28. The summed E-state index contributed by atoms with van der Waals surface area (Å²) in [6, 6.07) is 7.07. The van der Waals surface area contributed by atoms with Gasteiger partial charge >= 0.3 is 6.09 Å². The van der Waals surface area contributed by atoms with Crippen LogP contribution in [-0.2, 0) is 4.74 Å². The van der Waals surface area contributed by atoms with Gasteiger partial charge < -0.3 is 9.84 Å². The summed E-state index contributed by atoms with van der Waals surface area (Å²) in [7, 11) is 0. The smallest absolute Gasteiger partial charge is 0.414 e. The minimum atomic E-state index is -0.419. The maximum absolute atomic E-state index is 11.6. The number of rotatable bonds is 2. The number of amides is 1. The largest absolute Gasteiger partial charge is 0.449 e. The van der Waals surface area contributed by atoms with Crippen LogP contribution in [-0.4, -0.2) is 31.0 Å². The van der Waals surface area contributed by atoms with Gasteiger partial charge in [-0.05, 0) is 12.1 Å². The molecule has 16 heavy (non-hydrogen) atoms. The average molecular weight is 242 g/mol. The molecule has 1 aliphatic heterocycles. The third-order valence-electron chi connectivity index (χ3n) is 2.51. The van der Waals surface area contributed by atoms with E-state index in [0.29, 0.717) is 17.3 Å². The summed E-state index contributed by atoms with van der Waals surface area (Å²) in [6.07, 6.45) is -0.419. The first kappa shape index (κ1) is 11.2. The SMILES string of the molecule is O=C1OCC(CO)CN1c1ccccc1Cl. The average Bonchev–Trinajstić information content (AvgIpc) is 2.31. The third kappa shape index (κ3) is 2.13. The molecule has 1 aliphatic rings. The first-order valence-electron chi connectivity index (χ1n) is 5.02. The summed E-state index contributed by atoms with van der Waals surface area (Å²) in [5.41, 5.74) is 0.618. The third-order valence-corrected chi connectivity index (χ3v) is 2.82. The van der Waals surface area contributed by atoms with Gasteiger partial charge in [-0.3, -0.25) is 4.90 Å². The number of carbonyl (C=O) groups excluding carboxylic acids is 1. The second kappa shape index (κ2) is 4.72. The molecule has 1 fully saturated rings. The van der Waals surface area contributed by atoms with Crippen molar-refractivity contribution in [1.29, 1.82) is 0 Å². The lowest BCUT2D eigenvalue weighted by molar-refractivity contribution is 0.0900. The molecule has 1 heterocycles. The van der Waals surface area contributed by atoms with Gasteiger partial charge in [0.1, 0.15) is 0 Å². The van der Waals surface area contributed by atoms with Crippen LogP contribution >= 0.6 is 11.6 Å². The number of benzene rings is 1. The maximum atomic E-state index is 11.6. The summed E-state index contributed by atoms with van der Waals surface area (Å²) in [4.78, 5) is 13.0. The second-order valence-electron chi connectivity index (χ2n) is 3.69. The molecule has 0 aliphatic carbocycles. The molecule has 4 nitrogen and oxygen atoms in total. The first-order valence-corrected chi connectivity index (χ1v) is 5.40. The highest BCUT2D eigenvalue weighted by Gasteiger charge is 2.28. The fourth-order valence-corrected chi connectivity index (χ4v) is 1.87. The summed E-state index contributed by atoms with van der Waals surface area (Å²) in [5, 5.41) is 9.56. The van der Waals surface area contributed by atoms with Gasteiger partial charge in [0, 0.05) is 12.5 Å². The molecule has 0 bridgehead atoms. The number of anilines is 1. The number of ether oxygens (including phenoxy) is 1. The molecule has 2 rings (SSSR count). The van der Waals surface area contributed by atoms with Crippen molar-refractivity contribution >= 4 is 23.4 Å². The number of cyclic esters (lactones) is 1. The molecule has 0 spiro atoms. The van der Waals surface area contributed by atoms with Crippen molar-refractivity contribution < 1.29 is 14.6 Å². The van der Waals surface area contributed by atoms with E-state index in [1.165, 1.54) is 4.90 Å². The zero-order valence-corrected chi connectivity index (χ0v) is 9.35. The molecule has 0 saturated carbocycles. The number of aliphatic hydroxyl groups excluding tert-OH is 1. The van der Waals surface area contributed by atoms with E-state index in [4.69, 9.17) is 21.4 Å². The van der Waals surface area contributed by atoms with Gasteiger partial charge in [0.2, 0.25) is 0 Å². The minimum absolute atomic E-state index is 0.00572. The van der Waals surface area contributed by atoms with Crippen LogP contribution in [0.15, 0.2) is 24.3 Å². The van der Waals surface area contributed by atoms with E-state index < -0.39 is 6.09 Å². The molecular formula is C11H12ClNO3. The van der Waals surface area contributed by atoms with Crippen molar-refractivity contribution in [2.24, 2.45) is 5.92 Å². The Hall–Kier alpha value is -1.26. The van der Waals surface area contributed by atoms with E-state index >= 15 is 0 Å². The zero-order chi connectivity index (χ0) is 11.5. The zero-order valence-electron chi connectivity index (χ0n) is 8.60. The van der Waals surface area contributed by atoms with E-state index in [9.17, 15) is 4.79 Å². The first-order chi connectivity index (χ1) is 7.72. The monoisotopic (exact) mass is 241 g/mol. The Morgan fingerprint density at radius 3 is 2.94 bits per heavy atom. The van der Waals surface area contributed by atoms with E-state index in [0.717, 1.165) is 0 Å². The van der Waals surface area contributed by atoms with Crippen LogP contribution in [0.1, 0.15) is 0 Å². The molecule has 1 saturated heterocycles. The maximum Gasteiger partial charge on any atom is 0.414 e. The topological polar surface area (TPSA) is 49.8 Å². The van der Waals surface area contributed by atoms with Gasteiger partial charge in [0.05, 0.1) is 23.9 Å². The standard InChI is InChI=1S/C11H12ClNO3/c12-9-3-1-2-4-10(9)13-5-8(6-14)7-16-11(13)15/h1-4,8,14H,5-7H2. The number of aliphatic hydroxyl groups is 1. The van der Waals surface area contributed by atoms with E-state index in [1.807, 2.05) is 0 Å². The van der Waals surface area contributed by atoms with Crippen molar-refractivity contribution in [1.82, 2.24) is 0 Å².